The van der Waals surface area contributed by atoms with E-state index in [9.17, 15) is 4.39 Å². The largest absolute Gasteiger partial charge is 0.380 e. The van der Waals surface area contributed by atoms with Crippen molar-refractivity contribution in [1.82, 2.24) is 5.32 Å². The summed E-state index contributed by atoms with van der Waals surface area (Å²) in [7, 11) is 0. The van der Waals surface area contributed by atoms with Gasteiger partial charge in [0.2, 0.25) is 0 Å². The second kappa shape index (κ2) is 8.61. The Kier molecular flexibility index (Phi) is 7.40. The van der Waals surface area contributed by atoms with Crippen LogP contribution in [0.25, 0.3) is 0 Å². The van der Waals surface area contributed by atoms with Crippen LogP contribution in [0.1, 0.15) is 25.3 Å². The highest BCUT2D eigenvalue weighted by molar-refractivity contribution is 9.10. The Morgan fingerprint density at radius 3 is 2.88 bits per heavy atom. The molecule has 17 heavy (non-hydrogen) atoms. The van der Waals surface area contributed by atoms with Gasteiger partial charge < -0.3 is 10.1 Å². The molecule has 0 aliphatic carbocycles. The molecule has 1 rings (SSSR count). The van der Waals surface area contributed by atoms with E-state index in [-0.39, 0.29) is 5.82 Å². The molecule has 96 valence electrons. The molecule has 0 saturated carbocycles. The first-order valence-corrected chi connectivity index (χ1v) is 6.75. The topological polar surface area (TPSA) is 21.3 Å². The highest BCUT2D eigenvalue weighted by atomic mass is 79.9. The van der Waals surface area contributed by atoms with Crippen LogP contribution in [0.5, 0.6) is 0 Å². The molecule has 0 bridgehead atoms. The molecule has 0 fully saturated rings. The third-order valence-corrected chi connectivity index (χ3v) is 3.02. The zero-order valence-electron chi connectivity index (χ0n) is 10.1. The second-order valence-electron chi connectivity index (χ2n) is 3.89. The molecule has 0 unspecified atom stereocenters. The summed E-state index contributed by atoms with van der Waals surface area (Å²) in [6.07, 6.45) is 2.27. The van der Waals surface area contributed by atoms with E-state index in [0.717, 1.165) is 31.6 Å². The average Bonchev–Trinajstić information content (AvgIpc) is 2.32. The van der Waals surface area contributed by atoms with Crippen molar-refractivity contribution in [3.8, 4) is 0 Å². The summed E-state index contributed by atoms with van der Waals surface area (Å²) in [6.45, 7) is 5.14. The third-order valence-electron chi connectivity index (χ3n) is 2.38. The lowest BCUT2D eigenvalue weighted by atomic mass is 10.2. The van der Waals surface area contributed by atoms with Gasteiger partial charge in [0.25, 0.3) is 0 Å². The average molecular weight is 304 g/mol. The molecule has 1 aromatic rings. The van der Waals surface area contributed by atoms with Gasteiger partial charge in [0, 0.05) is 19.7 Å². The van der Waals surface area contributed by atoms with E-state index < -0.39 is 0 Å². The maximum Gasteiger partial charge on any atom is 0.137 e. The molecule has 0 radical (unpaired) electrons. The molecule has 2 nitrogen and oxygen atoms in total. The van der Waals surface area contributed by atoms with Crippen LogP contribution in [-0.2, 0) is 11.3 Å². The van der Waals surface area contributed by atoms with Gasteiger partial charge in [-0.15, -0.1) is 0 Å². The Morgan fingerprint density at radius 2 is 2.18 bits per heavy atom. The number of rotatable bonds is 8. The highest BCUT2D eigenvalue weighted by Crippen LogP contribution is 2.16. The minimum atomic E-state index is -0.219. The summed E-state index contributed by atoms with van der Waals surface area (Å²) in [6, 6.07) is 5.16. The molecule has 0 spiro atoms. The Hall–Kier alpha value is -0.450. The van der Waals surface area contributed by atoms with Crippen molar-refractivity contribution in [2.24, 2.45) is 0 Å². The van der Waals surface area contributed by atoms with Crippen molar-refractivity contribution in [3.63, 3.8) is 0 Å². The van der Waals surface area contributed by atoms with Gasteiger partial charge in [-0.1, -0.05) is 19.4 Å². The van der Waals surface area contributed by atoms with Crippen LogP contribution in [-0.4, -0.2) is 19.8 Å². The summed E-state index contributed by atoms with van der Waals surface area (Å²) in [5.74, 6) is -0.219. The van der Waals surface area contributed by atoms with Crippen molar-refractivity contribution in [2.75, 3.05) is 19.8 Å². The standard InChI is InChI=1S/C13H19BrFNO/c1-2-3-7-17-8-6-16-10-11-4-5-12(14)13(15)9-11/h4-5,9,16H,2-3,6-8,10H2,1H3. The summed E-state index contributed by atoms with van der Waals surface area (Å²) in [4.78, 5) is 0. The SMILES string of the molecule is CCCCOCCNCc1ccc(Br)c(F)c1. The monoisotopic (exact) mass is 303 g/mol. The van der Waals surface area contributed by atoms with Crippen LogP contribution in [0.3, 0.4) is 0 Å². The molecule has 4 heteroatoms. The molecule has 1 aromatic carbocycles. The van der Waals surface area contributed by atoms with E-state index in [4.69, 9.17) is 4.74 Å². The highest BCUT2D eigenvalue weighted by Gasteiger charge is 1.99. The van der Waals surface area contributed by atoms with E-state index in [1.165, 1.54) is 6.07 Å². The molecule has 0 atom stereocenters. The van der Waals surface area contributed by atoms with E-state index in [0.29, 0.717) is 17.6 Å². The van der Waals surface area contributed by atoms with Crippen molar-refractivity contribution < 1.29 is 9.13 Å². The maximum atomic E-state index is 13.2. The van der Waals surface area contributed by atoms with E-state index >= 15 is 0 Å². The van der Waals surface area contributed by atoms with E-state index in [2.05, 4.69) is 28.2 Å². The van der Waals surface area contributed by atoms with Gasteiger partial charge in [-0.05, 0) is 40.0 Å². The summed E-state index contributed by atoms with van der Waals surface area (Å²) < 4.78 is 19.1. The van der Waals surface area contributed by atoms with E-state index in [1.54, 1.807) is 6.07 Å². The number of nitrogens with one attached hydrogen (secondary N) is 1. The number of benzene rings is 1. The van der Waals surface area contributed by atoms with Crippen LogP contribution in [0.2, 0.25) is 0 Å². The lowest BCUT2D eigenvalue weighted by molar-refractivity contribution is 0.133. The van der Waals surface area contributed by atoms with Gasteiger partial charge in [0.1, 0.15) is 5.82 Å². The summed E-state index contributed by atoms with van der Waals surface area (Å²) >= 11 is 3.13. The van der Waals surface area contributed by atoms with Crippen LogP contribution in [0.15, 0.2) is 22.7 Å². The predicted octanol–water partition coefficient (Wildman–Crippen LogP) is 3.49. The summed E-state index contributed by atoms with van der Waals surface area (Å²) in [5, 5.41) is 3.22. The number of hydrogen-bond donors (Lipinski definition) is 1. The smallest absolute Gasteiger partial charge is 0.137 e. The Labute approximate surface area is 111 Å². The number of ether oxygens (including phenoxy) is 1. The van der Waals surface area contributed by atoms with Crippen molar-refractivity contribution in [1.29, 1.82) is 0 Å². The molecule has 1 N–H and O–H groups in total. The summed E-state index contributed by atoms with van der Waals surface area (Å²) in [5.41, 5.74) is 0.944. The van der Waals surface area contributed by atoms with Crippen LogP contribution in [0.4, 0.5) is 4.39 Å². The molecular formula is C13H19BrFNO. The van der Waals surface area contributed by atoms with Gasteiger partial charge >= 0.3 is 0 Å². The maximum absolute atomic E-state index is 13.2. The molecule has 0 aliphatic heterocycles. The number of unbranched alkanes of at least 4 members (excludes halogenated alkanes) is 1. The second-order valence-corrected chi connectivity index (χ2v) is 4.75. The molecule has 0 aromatic heterocycles. The van der Waals surface area contributed by atoms with E-state index in [1.807, 2.05) is 6.07 Å². The van der Waals surface area contributed by atoms with Crippen LogP contribution < -0.4 is 5.32 Å². The first-order chi connectivity index (χ1) is 8.24. The van der Waals surface area contributed by atoms with Crippen LogP contribution >= 0.6 is 15.9 Å². The molecule has 0 amide bonds. The zero-order chi connectivity index (χ0) is 12.5. The van der Waals surface area contributed by atoms with Gasteiger partial charge in [-0.3, -0.25) is 0 Å². The fourth-order valence-corrected chi connectivity index (χ4v) is 1.62. The molecule has 0 saturated heterocycles. The van der Waals surface area contributed by atoms with Crippen molar-refractivity contribution >= 4 is 15.9 Å². The lowest BCUT2D eigenvalue weighted by Gasteiger charge is -2.06. The molecule has 0 aliphatic rings. The number of halogens is 2. The quantitative estimate of drug-likeness (QED) is 0.742. The fourth-order valence-electron chi connectivity index (χ4n) is 1.38. The van der Waals surface area contributed by atoms with Gasteiger partial charge in [-0.25, -0.2) is 4.39 Å². The minimum Gasteiger partial charge on any atom is -0.380 e. The first-order valence-electron chi connectivity index (χ1n) is 5.96. The minimum absolute atomic E-state index is 0.219. The van der Waals surface area contributed by atoms with Crippen molar-refractivity contribution in [3.05, 3.63) is 34.1 Å². The zero-order valence-corrected chi connectivity index (χ0v) is 11.7. The Balaban J connectivity index is 2.11. The van der Waals surface area contributed by atoms with Gasteiger partial charge in [0.15, 0.2) is 0 Å². The van der Waals surface area contributed by atoms with Crippen LogP contribution in [0, 0.1) is 5.82 Å². The lowest BCUT2D eigenvalue weighted by Crippen LogP contribution is -2.19. The number of hydrogen-bond acceptors (Lipinski definition) is 2. The van der Waals surface area contributed by atoms with Gasteiger partial charge in [0.05, 0.1) is 11.1 Å². The van der Waals surface area contributed by atoms with Gasteiger partial charge in [-0.2, -0.15) is 0 Å². The Bertz CT molecular complexity index is 333. The predicted molar refractivity (Wildman–Crippen MR) is 71.5 cm³/mol. The fraction of sp³-hybridized carbons (Fsp3) is 0.538. The Morgan fingerprint density at radius 1 is 1.35 bits per heavy atom. The molecular weight excluding hydrogens is 285 g/mol. The first kappa shape index (κ1) is 14.6. The third kappa shape index (κ3) is 6.15. The normalized spacial score (nSPS) is 10.8. The van der Waals surface area contributed by atoms with Crippen molar-refractivity contribution in [2.45, 2.75) is 26.3 Å². The molecule has 0 heterocycles.